The average molecular weight is 196 g/mol. The van der Waals surface area contributed by atoms with Crippen LogP contribution in [0.3, 0.4) is 0 Å². The van der Waals surface area contributed by atoms with Crippen LogP contribution in [-0.4, -0.2) is 21.0 Å². The second-order valence-corrected chi connectivity index (χ2v) is 2.77. The van der Waals surface area contributed by atoms with Gasteiger partial charge >= 0.3 is 5.97 Å². The van der Waals surface area contributed by atoms with Crippen molar-refractivity contribution in [2.24, 2.45) is 0 Å². The Balaban J connectivity index is 3.13. The molecule has 1 heterocycles. The van der Waals surface area contributed by atoms with E-state index >= 15 is 0 Å². The summed E-state index contributed by atoms with van der Waals surface area (Å²) in [5.41, 5.74) is 0.572. The summed E-state index contributed by atoms with van der Waals surface area (Å²) in [7, 11) is 0. The highest BCUT2D eigenvalue weighted by Crippen LogP contribution is 2.19. The molecule has 0 bridgehead atoms. The Hall–Kier alpha value is -1.98. The van der Waals surface area contributed by atoms with E-state index in [-0.39, 0.29) is 12.1 Å². The van der Waals surface area contributed by atoms with Crippen LogP contribution in [0.15, 0.2) is 12.4 Å². The van der Waals surface area contributed by atoms with Gasteiger partial charge in [0.15, 0.2) is 0 Å². The number of carboxylic acid groups (broad SMARTS) is 1. The van der Waals surface area contributed by atoms with Gasteiger partial charge in [-0.1, -0.05) is 0 Å². The molecule has 1 N–H and O–H groups in total. The van der Waals surface area contributed by atoms with Crippen LogP contribution in [0, 0.1) is 17.0 Å². The van der Waals surface area contributed by atoms with Gasteiger partial charge in [-0.2, -0.15) is 0 Å². The number of pyridine rings is 1. The molecule has 14 heavy (non-hydrogen) atoms. The van der Waals surface area contributed by atoms with E-state index in [4.69, 9.17) is 5.11 Å². The second-order valence-electron chi connectivity index (χ2n) is 2.77. The second kappa shape index (κ2) is 3.82. The summed E-state index contributed by atoms with van der Waals surface area (Å²) < 4.78 is 0. The number of nitro groups is 1. The van der Waals surface area contributed by atoms with Gasteiger partial charge in [-0.25, -0.2) is 0 Å². The Labute approximate surface area is 79.4 Å². The molecule has 0 amide bonds. The number of carboxylic acids is 1. The number of rotatable bonds is 3. The standard InChI is InChI=1S/C8H8N2O4/c1-5-6(2-8(11)12)3-9-4-7(5)10(13)14/h3-4H,2H2,1H3,(H,11,12). The van der Waals surface area contributed by atoms with Crippen LogP contribution in [-0.2, 0) is 11.2 Å². The van der Waals surface area contributed by atoms with Crippen molar-refractivity contribution in [1.82, 2.24) is 4.98 Å². The Bertz CT molecular complexity index is 389. The molecule has 74 valence electrons. The van der Waals surface area contributed by atoms with E-state index in [2.05, 4.69) is 4.98 Å². The highest BCUT2D eigenvalue weighted by Gasteiger charge is 2.15. The fourth-order valence-electron chi connectivity index (χ4n) is 1.08. The highest BCUT2D eigenvalue weighted by molar-refractivity contribution is 5.71. The minimum absolute atomic E-state index is 0.149. The van der Waals surface area contributed by atoms with E-state index in [9.17, 15) is 14.9 Å². The van der Waals surface area contributed by atoms with Crippen molar-refractivity contribution in [2.45, 2.75) is 13.3 Å². The molecule has 0 saturated heterocycles. The molecule has 6 nitrogen and oxygen atoms in total. The van der Waals surface area contributed by atoms with Gasteiger partial charge in [-0.3, -0.25) is 19.9 Å². The summed E-state index contributed by atoms with van der Waals surface area (Å²) in [5.74, 6) is -1.03. The van der Waals surface area contributed by atoms with Crippen molar-refractivity contribution in [3.63, 3.8) is 0 Å². The summed E-state index contributed by atoms with van der Waals surface area (Å²) in [6.07, 6.45) is 2.19. The quantitative estimate of drug-likeness (QED) is 0.573. The van der Waals surface area contributed by atoms with Gasteiger partial charge in [0.1, 0.15) is 6.20 Å². The largest absolute Gasteiger partial charge is 0.481 e. The molecule has 1 aromatic rings. The Kier molecular flexibility index (Phi) is 2.76. The molecule has 0 radical (unpaired) electrons. The lowest BCUT2D eigenvalue weighted by Crippen LogP contribution is -2.04. The molecule has 1 aromatic heterocycles. The number of hydrogen-bond acceptors (Lipinski definition) is 4. The third-order valence-corrected chi connectivity index (χ3v) is 1.83. The van der Waals surface area contributed by atoms with Crippen molar-refractivity contribution in [2.75, 3.05) is 0 Å². The molecule has 0 spiro atoms. The van der Waals surface area contributed by atoms with Crippen LogP contribution < -0.4 is 0 Å². The van der Waals surface area contributed by atoms with Crippen LogP contribution in [0.1, 0.15) is 11.1 Å². The van der Waals surface area contributed by atoms with Crippen LogP contribution in [0.5, 0.6) is 0 Å². The number of aromatic nitrogens is 1. The van der Waals surface area contributed by atoms with Gasteiger partial charge in [0.25, 0.3) is 5.69 Å². The molecule has 1 rings (SSSR count). The lowest BCUT2D eigenvalue weighted by Gasteiger charge is -2.01. The van der Waals surface area contributed by atoms with Crippen molar-refractivity contribution < 1.29 is 14.8 Å². The third kappa shape index (κ3) is 2.03. The average Bonchev–Trinajstić information content (AvgIpc) is 2.07. The molecule has 0 aliphatic rings. The van der Waals surface area contributed by atoms with E-state index in [0.717, 1.165) is 6.20 Å². The number of carbonyl (C=O) groups is 1. The summed E-state index contributed by atoms with van der Waals surface area (Å²) in [4.78, 5) is 23.9. The third-order valence-electron chi connectivity index (χ3n) is 1.83. The summed E-state index contributed by atoms with van der Waals surface area (Å²) >= 11 is 0. The molecule has 6 heteroatoms. The first kappa shape index (κ1) is 10.1. The summed E-state index contributed by atoms with van der Waals surface area (Å²) in [5, 5.41) is 19.0. The number of hydrogen-bond donors (Lipinski definition) is 1. The zero-order valence-corrected chi connectivity index (χ0v) is 7.43. The van der Waals surface area contributed by atoms with Crippen LogP contribution in [0.25, 0.3) is 0 Å². The van der Waals surface area contributed by atoms with Gasteiger partial charge in [0, 0.05) is 11.8 Å². The first-order valence-electron chi connectivity index (χ1n) is 3.82. The molecule has 0 unspecified atom stereocenters. The maximum atomic E-state index is 10.5. The predicted molar refractivity (Wildman–Crippen MR) is 47.0 cm³/mol. The van der Waals surface area contributed by atoms with Gasteiger partial charge in [0.2, 0.25) is 0 Å². The topological polar surface area (TPSA) is 93.3 Å². The number of aliphatic carboxylic acids is 1. The summed E-state index contributed by atoms with van der Waals surface area (Å²) in [6.45, 7) is 1.51. The lowest BCUT2D eigenvalue weighted by molar-refractivity contribution is -0.385. The van der Waals surface area contributed by atoms with Crippen LogP contribution >= 0.6 is 0 Å². The first-order valence-corrected chi connectivity index (χ1v) is 3.82. The van der Waals surface area contributed by atoms with Gasteiger partial charge in [-0.05, 0) is 12.5 Å². The molecule has 0 aliphatic heterocycles. The van der Waals surface area contributed by atoms with E-state index in [1.807, 2.05) is 0 Å². The molecule has 0 fully saturated rings. The van der Waals surface area contributed by atoms with Gasteiger partial charge < -0.3 is 5.11 Å². The maximum Gasteiger partial charge on any atom is 0.307 e. The van der Waals surface area contributed by atoms with Crippen molar-refractivity contribution in [1.29, 1.82) is 0 Å². The molecule has 0 atom stereocenters. The minimum atomic E-state index is -1.03. The zero-order valence-electron chi connectivity index (χ0n) is 7.43. The fraction of sp³-hybridized carbons (Fsp3) is 0.250. The Morgan fingerprint density at radius 1 is 1.64 bits per heavy atom. The van der Waals surface area contributed by atoms with Gasteiger partial charge in [0.05, 0.1) is 11.3 Å². The van der Waals surface area contributed by atoms with E-state index < -0.39 is 10.9 Å². The Morgan fingerprint density at radius 3 is 2.79 bits per heavy atom. The molecular weight excluding hydrogens is 188 g/mol. The van der Waals surface area contributed by atoms with Crippen molar-refractivity contribution >= 4 is 11.7 Å². The SMILES string of the molecule is Cc1c(CC(=O)O)cncc1[N+](=O)[O-]. The highest BCUT2D eigenvalue weighted by atomic mass is 16.6. The van der Waals surface area contributed by atoms with Crippen LogP contribution in [0.2, 0.25) is 0 Å². The molecule has 0 aliphatic carbocycles. The van der Waals surface area contributed by atoms with Crippen molar-refractivity contribution in [3.05, 3.63) is 33.6 Å². The van der Waals surface area contributed by atoms with Crippen LogP contribution in [0.4, 0.5) is 5.69 Å². The van der Waals surface area contributed by atoms with E-state index in [0.29, 0.717) is 11.1 Å². The summed E-state index contributed by atoms with van der Waals surface area (Å²) in [6, 6.07) is 0. The molecule has 0 saturated carbocycles. The molecule has 0 aromatic carbocycles. The monoisotopic (exact) mass is 196 g/mol. The fourth-order valence-corrected chi connectivity index (χ4v) is 1.08. The van der Waals surface area contributed by atoms with E-state index in [1.54, 1.807) is 0 Å². The number of nitrogens with zero attached hydrogens (tertiary/aromatic N) is 2. The maximum absolute atomic E-state index is 10.5. The molecular formula is C8H8N2O4. The van der Waals surface area contributed by atoms with Gasteiger partial charge in [-0.15, -0.1) is 0 Å². The lowest BCUT2D eigenvalue weighted by atomic mass is 10.1. The minimum Gasteiger partial charge on any atom is -0.481 e. The smallest absolute Gasteiger partial charge is 0.307 e. The zero-order chi connectivity index (χ0) is 10.7. The first-order chi connectivity index (χ1) is 6.52. The van der Waals surface area contributed by atoms with Crippen molar-refractivity contribution in [3.8, 4) is 0 Å². The van der Waals surface area contributed by atoms with E-state index in [1.165, 1.54) is 13.1 Å². The predicted octanol–water partition coefficient (Wildman–Crippen LogP) is 0.925. The Morgan fingerprint density at radius 2 is 2.29 bits per heavy atom. The normalized spacial score (nSPS) is 9.79.